The first-order chi connectivity index (χ1) is 8.25. The van der Waals surface area contributed by atoms with Crippen LogP contribution in [-0.2, 0) is 6.54 Å². The summed E-state index contributed by atoms with van der Waals surface area (Å²) in [7, 11) is 0. The van der Waals surface area contributed by atoms with E-state index in [-0.39, 0.29) is 0 Å². The van der Waals surface area contributed by atoms with Gasteiger partial charge in [0.2, 0.25) is 0 Å². The molecule has 0 spiro atoms. The molecular weight excluding hydrogens is 210 g/mol. The van der Waals surface area contributed by atoms with E-state index in [0.717, 1.165) is 17.9 Å². The molecule has 0 radical (unpaired) electrons. The zero-order valence-electron chi connectivity index (χ0n) is 10.2. The monoisotopic (exact) mass is 227 g/mol. The van der Waals surface area contributed by atoms with E-state index in [2.05, 4.69) is 46.5 Å². The molecule has 1 aromatic carbocycles. The Kier molecular flexibility index (Phi) is 3.83. The molecule has 0 fully saturated rings. The van der Waals surface area contributed by atoms with Crippen molar-refractivity contribution in [2.75, 3.05) is 0 Å². The van der Waals surface area contributed by atoms with Crippen molar-refractivity contribution in [3.8, 4) is 0 Å². The van der Waals surface area contributed by atoms with E-state index in [1.807, 2.05) is 19.2 Å². The minimum absolute atomic E-state index is 0.319. The van der Waals surface area contributed by atoms with Gasteiger partial charge in [-0.2, -0.15) is 0 Å². The van der Waals surface area contributed by atoms with Crippen LogP contribution in [0.3, 0.4) is 0 Å². The molecule has 0 saturated carbocycles. The molecule has 1 heterocycles. The Morgan fingerprint density at radius 2 is 1.88 bits per heavy atom. The smallest absolute Gasteiger partial charge is 0.0724 e. The Balaban J connectivity index is 1.92. The first kappa shape index (κ1) is 11.7. The highest BCUT2D eigenvalue weighted by Gasteiger charge is 2.04. The third-order valence-corrected chi connectivity index (χ3v) is 2.72. The fraction of sp³-hybridized carbons (Fsp3) is 0.286. The number of nitrogens with one attached hydrogen (secondary N) is 1. The van der Waals surface area contributed by atoms with Gasteiger partial charge >= 0.3 is 0 Å². The van der Waals surface area contributed by atoms with Crippen molar-refractivity contribution in [1.82, 2.24) is 15.3 Å². The lowest BCUT2D eigenvalue weighted by Gasteiger charge is -2.13. The lowest BCUT2D eigenvalue weighted by atomic mass is 10.1. The Morgan fingerprint density at radius 3 is 2.53 bits per heavy atom. The summed E-state index contributed by atoms with van der Waals surface area (Å²) < 4.78 is 0. The Bertz CT molecular complexity index is 451. The van der Waals surface area contributed by atoms with Gasteiger partial charge in [-0.3, -0.25) is 9.97 Å². The molecule has 1 aromatic heterocycles. The summed E-state index contributed by atoms with van der Waals surface area (Å²) in [5.74, 6) is 0. The molecule has 0 aliphatic carbocycles. The van der Waals surface area contributed by atoms with E-state index >= 15 is 0 Å². The maximum atomic E-state index is 4.32. The molecule has 0 aliphatic rings. The Morgan fingerprint density at radius 1 is 1.12 bits per heavy atom. The van der Waals surface area contributed by atoms with Gasteiger partial charge in [0.15, 0.2) is 0 Å². The number of hydrogen-bond donors (Lipinski definition) is 1. The van der Waals surface area contributed by atoms with E-state index in [1.54, 1.807) is 6.20 Å². The van der Waals surface area contributed by atoms with Gasteiger partial charge in [-0.25, -0.2) is 0 Å². The third-order valence-electron chi connectivity index (χ3n) is 2.72. The molecule has 88 valence electrons. The van der Waals surface area contributed by atoms with E-state index in [0.29, 0.717) is 6.04 Å². The third kappa shape index (κ3) is 3.36. The summed E-state index contributed by atoms with van der Waals surface area (Å²) in [4.78, 5) is 8.55. The zero-order valence-corrected chi connectivity index (χ0v) is 10.2. The largest absolute Gasteiger partial charge is 0.305 e. The summed E-state index contributed by atoms with van der Waals surface area (Å²) in [6.45, 7) is 4.83. The maximum absolute atomic E-state index is 4.32. The molecule has 3 heteroatoms. The minimum Gasteiger partial charge on any atom is -0.305 e. The summed E-state index contributed by atoms with van der Waals surface area (Å²) in [5, 5.41) is 3.43. The van der Waals surface area contributed by atoms with Gasteiger partial charge in [-0.1, -0.05) is 30.3 Å². The molecule has 0 aliphatic heterocycles. The van der Waals surface area contributed by atoms with Gasteiger partial charge in [0.05, 0.1) is 11.4 Å². The molecule has 3 nitrogen and oxygen atoms in total. The van der Waals surface area contributed by atoms with Crippen LogP contribution in [0, 0.1) is 6.92 Å². The van der Waals surface area contributed by atoms with E-state index in [4.69, 9.17) is 0 Å². The quantitative estimate of drug-likeness (QED) is 0.872. The molecule has 0 bridgehead atoms. The molecule has 17 heavy (non-hydrogen) atoms. The van der Waals surface area contributed by atoms with Crippen molar-refractivity contribution in [2.24, 2.45) is 0 Å². The Labute approximate surface area is 102 Å². The highest BCUT2D eigenvalue weighted by molar-refractivity contribution is 5.18. The van der Waals surface area contributed by atoms with Crippen LogP contribution in [-0.4, -0.2) is 9.97 Å². The molecule has 1 N–H and O–H groups in total. The molecule has 2 aromatic rings. The second-order valence-corrected chi connectivity index (χ2v) is 4.16. The topological polar surface area (TPSA) is 37.8 Å². The Hall–Kier alpha value is -1.74. The number of hydrogen-bond acceptors (Lipinski definition) is 3. The van der Waals surface area contributed by atoms with Gasteiger partial charge in [0.25, 0.3) is 0 Å². The van der Waals surface area contributed by atoms with E-state index in [1.165, 1.54) is 5.56 Å². The predicted molar refractivity (Wildman–Crippen MR) is 68.5 cm³/mol. The standard InChI is InChI=1S/C14H17N3/c1-11-8-17-14(9-15-11)10-16-12(2)13-6-4-3-5-7-13/h3-9,12,16H,10H2,1-2H3. The van der Waals surface area contributed by atoms with E-state index < -0.39 is 0 Å². The molecule has 0 amide bonds. The van der Waals surface area contributed by atoms with Gasteiger partial charge in [0, 0.05) is 25.0 Å². The lowest BCUT2D eigenvalue weighted by Crippen LogP contribution is -2.18. The summed E-state index contributed by atoms with van der Waals surface area (Å²) in [6, 6.07) is 10.7. The van der Waals surface area contributed by atoms with Crippen LogP contribution in [0.25, 0.3) is 0 Å². The SMILES string of the molecule is Cc1cnc(CNC(C)c2ccccc2)cn1. The van der Waals surface area contributed by atoms with Gasteiger partial charge in [-0.15, -0.1) is 0 Å². The zero-order chi connectivity index (χ0) is 12.1. The summed E-state index contributed by atoms with van der Waals surface area (Å²) >= 11 is 0. The number of aromatic nitrogens is 2. The van der Waals surface area contributed by atoms with E-state index in [9.17, 15) is 0 Å². The molecule has 1 atom stereocenters. The number of benzene rings is 1. The average molecular weight is 227 g/mol. The van der Waals surface area contributed by atoms with Crippen molar-refractivity contribution in [3.05, 3.63) is 59.7 Å². The molecule has 2 rings (SSSR count). The minimum atomic E-state index is 0.319. The van der Waals surface area contributed by atoms with Crippen LogP contribution in [0.4, 0.5) is 0 Å². The first-order valence-electron chi connectivity index (χ1n) is 5.81. The highest BCUT2D eigenvalue weighted by atomic mass is 14.9. The first-order valence-corrected chi connectivity index (χ1v) is 5.81. The lowest BCUT2D eigenvalue weighted by molar-refractivity contribution is 0.566. The highest BCUT2D eigenvalue weighted by Crippen LogP contribution is 2.11. The van der Waals surface area contributed by atoms with Crippen LogP contribution in [0.5, 0.6) is 0 Å². The predicted octanol–water partition coefficient (Wildman–Crippen LogP) is 2.64. The summed E-state index contributed by atoms with van der Waals surface area (Å²) in [6.07, 6.45) is 3.62. The summed E-state index contributed by atoms with van der Waals surface area (Å²) in [5.41, 5.74) is 3.20. The maximum Gasteiger partial charge on any atom is 0.0724 e. The normalized spacial score (nSPS) is 12.4. The van der Waals surface area contributed by atoms with Crippen molar-refractivity contribution in [3.63, 3.8) is 0 Å². The van der Waals surface area contributed by atoms with Crippen molar-refractivity contribution < 1.29 is 0 Å². The molecule has 1 unspecified atom stereocenters. The molecule has 0 saturated heterocycles. The average Bonchev–Trinajstić information content (AvgIpc) is 2.39. The van der Waals surface area contributed by atoms with Crippen molar-refractivity contribution >= 4 is 0 Å². The van der Waals surface area contributed by atoms with Gasteiger partial charge < -0.3 is 5.32 Å². The van der Waals surface area contributed by atoms with Crippen LogP contribution >= 0.6 is 0 Å². The second-order valence-electron chi connectivity index (χ2n) is 4.16. The van der Waals surface area contributed by atoms with Crippen molar-refractivity contribution in [1.29, 1.82) is 0 Å². The fourth-order valence-corrected chi connectivity index (χ4v) is 1.63. The number of nitrogens with zero attached hydrogens (tertiary/aromatic N) is 2. The van der Waals surface area contributed by atoms with Crippen LogP contribution < -0.4 is 5.32 Å². The second kappa shape index (κ2) is 5.55. The van der Waals surface area contributed by atoms with Crippen LogP contribution in [0.1, 0.15) is 29.9 Å². The van der Waals surface area contributed by atoms with Gasteiger partial charge in [0.1, 0.15) is 0 Å². The van der Waals surface area contributed by atoms with Crippen molar-refractivity contribution in [2.45, 2.75) is 26.4 Å². The molecular formula is C14H17N3. The number of aryl methyl sites for hydroxylation is 1. The van der Waals surface area contributed by atoms with Gasteiger partial charge in [-0.05, 0) is 19.4 Å². The fourth-order valence-electron chi connectivity index (χ4n) is 1.63. The number of rotatable bonds is 4. The van der Waals surface area contributed by atoms with Crippen LogP contribution in [0.15, 0.2) is 42.7 Å². The van der Waals surface area contributed by atoms with Crippen LogP contribution in [0.2, 0.25) is 0 Å².